The topological polar surface area (TPSA) is 20.2 Å². The molecule has 1 rings (SSSR count). The molecule has 1 atom stereocenters. The van der Waals surface area contributed by atoms with Crippen molar-refractivity contribution in [3.63, 3.8) is 0 Å². The van der Waals surface area contributed by atoms with E-state index in [1.54, 1.807) is 0 Å². The molecule has 10 heavy (non-hydrogen) atoms. The van der Waals surface area contributed by atoms with Gasteiger partial charge >= 0.3 is 0 Å². The third-order valence-electron chi connectivity index (χ3n) is 2.64. The van der Waals surface area contributed by atoms with Gasteiger partial charge in [0.2, 0.25) is 0 Å². The van der Waals surface area contributed by atoms with Crippen LogP contribution < -0.4 is 0 Å². The van der Waals surface area contributed by atoms with Gasteiger partial charge in [-0.05, 0) is 31.1 Å². The molecule has 0 aromatic heterocycles. The van der Waals surface area contributed by atoms with Gasteiger partial charge in [0.25, 0.3) is 0 Å². The van der Waals surface area contributed by atoms with E-state index in [0.717, 1.165) is 24.7 Å². The van der Waals surface area contributed by atoms with Gasteiger partial charge in [-0.25, -0.2) is 0 Å². The van der Waals surface area contributed by atoms with E-state index in [1.165, 1.54) is 12.8 Å². The Kier molecular flexibility index (Phi) is 2.72. The van der Waals surface area contributed by atoms with Crippen LogP contribution in [0.1, 0.15) is 39.5 Å². The normalized spacial score (nSPS) is 35.1. The van der Waals surface area contributed by atoms with E-state index in [9.17, 15) is 0 Å². The predicted octanol–water partition coefficient (Wildman–Crippen LogP) is 2.19. The minimum atomic E-state index is 0.0362. The standard InChI is InChI=1S/C9H18O/c1-3-7(2)4-8-5-9(10)6-8/h7-10H,3-6H2,1-2H3. The molecule has 60 valence electrons. The minimum Gasteiger partial charge on any atom is -0.393 e. The lowest BCUT2D eigenvalue weighted by molar-refractivity contribution is 0.0324. The molecule has 1 saturated carbocycles. The average Bonchev–Trinajstić information content (AvgIpc) is 1.84. The summed E-state index contributed by atoms with van der Waals surface area (Å²) < 4.78 is 0. The Balaban J connectivity index is 2.04. The predicted molar refractivity (Wildman–Crippen MR) is 42.8 cm³/mol. The van der Waals surface area contributed by atoms with Crippen molar-refractivity contribution < 1.29 is 5.11 Å². The smallest absolute Gasteiger partial charge is 0.0545 e. The first-order chi connectivity index (χ1) is 4.72. The van der Waals surface area contributed by atoms with E-state index in [-0.39, 0.29) is 6.10 Å². The van der Waals surface area contributed by atoms with Crippen molar-refractivity contribution in [3.05, 3.63) is 0 Å². The van der Waals surface area contributed by atoms with Crippen LogP contribution in [0.15, 0.2) is 0 Å². The maximum absolute atomic E-state index is 9.00. The molecule has 0 radical (unpaired) electrons. The number of hydrogen-bond donors (Lipinski definition) is 1. The van der Waals surface area contributed by atoms with Crippen molar-refractivity contribution in [2.75, 3.05) is 0 Å². The first-order valence-corrected chi connectivity index (χ1v) is 4.40. The Labute approximate surface area is 63.4 Å². The maximum Gasteiger partial charge on any atom is 0.0545 e. The molecule has 0 aromatic carbocycles. The quantitative estimate of drug-likeness (QED) is 0.640. The van der Waals surface area contributed by atoms with Gasteiger partial charge in [-0.3, -0.25) is 0 Å². The summed E-state index contributed by atoms with van der Waals surface area (Å²) in [6.07, 6.45) is 4.77. The summed E-state index contributed by atoms with van der Waals surface area (Å²) in [6.45, 7) is 4.53. The molecule has 0 amide bonds. The highest BCUT2D eigenvalue weighted by Crippen LogP contribution is 2.33. The first kappa shape index (κ1) is 8.06. The number of aliphatic hydroxyl groups excluding tert-OH is 1. The second-order valence-electron chi connectivity index (χ2n) is 3.74. The van der Waals surface area contributed by atoms with Gasteiger partial charge in [-0.2, -0.15) is 0 Å². The van der Waals surface area contributed by atoms with Crippen molar-refractivity contribution in [1.82, 2.24) is 0 Å². The molecule has 1 aliphatic rings. The van der Waals surface area contributed by atoms with E-state index in [1.807, 2.05) is 0 Å². The second-order valence-corrected chi connectivity index (χ2v) is 3.74. The second kappa shape index (κ2) is 3.38. The van der Waals surface area contributed by atoms with Gasteiger partial charge in [0.1, 0.15) is 0 Å². The third kappa shape index (κ3) is 1.98. The highest BCUT2D eigenvalue weighted by atomic mass is 16.3. The van der Waals surface area contributed by atoms with Crippen LogP contribution in [0.4, 0.5) is 0 Å². The van der Waals surface area contributed by atoms with Crippen molar-refractivity contribution >= 4 is 0 Å². The molecule has 1 fully saturated rings. The summed E-state index contributed by atoms with van der Waals surface area (Å²) in [6, 6.07) is 0. The van der Waals surface area contributed by atoms with Crippen LogP contribution in [0.5, 0.6) is 0 Å². The molecule has 1 aliphatic carbocycles. The van der Waals surface area contributed by atoms with E-state index >= 15 is 0 Å². The van der Waals surface area contributed by atoms with Gasteiger partial charge < -0.3 is 5.11 Å². The zero-order valence-corrected chi connectivity index (χ0v) is 7.01. The van der Waals surface area contributed by atoms with Crippen LogP contribution in [0, 0.1) is 11.8 Å². The van der Waals surface area contributed by atoms with E-state index in [4.69, 9.17) is 5.11 Å². The van der Waals surface area contributed by atoms with Crippen molar-refractivity contribution in [3.8, 4) is 0 Å². The number of aliphatic hydroxyl groups is 1. The molecule has 1 nitrogen and oxygen atoms in total. The lowest BCUT2D eigenvalue weighted by Crippen LogP contribution is -2.29. The Morgan fingerprint density at radius 3 is 2.50 bits per heavy atom. The third-order valence-corrected chi connectivity index (χ3v) is 2.64. The molecule has 0 aromatic rings. The van der Waals surface area contributed by atoms with Crippen molar-refractivity contribution in [2.45, 2.75) is 45.6 Å². The Hall–Kier alpha value is -0.0400. The van der Waals surface area contributed by atoms with Crippen LogP contribution in [0.25, 0.3) is 0 Å². The maximum atomic E-state index is 9.00. The molecule has 1 heteroatoms. The number of hydrogen-bond acceptors (Lipinski definition) is 1. The van der Waals surface area contributed by atoms with Crippen LogP contribution >= 0.6 is 0 Å². The van der Waals surface area contributed by atoms with Crippen LogP contribution in [-0.4, -0.2) is 11.2 Å². The summed E-state index contributed by atoms with van der Waals surface area (Å²) >= 11 is 0. The van der Waals surface area contributed by atoms with E-state index < -0.39 is 0 Å². The zero-order chi connectivity index (χ0) is 7.56. The summed E-state index contributed by atoms with van der Waals surface area (Å²) in [7, 11) is 0. The minimum absolute atomic E-state index is 0.0362. The zero-order valence-electron chi connectivity index (χ0n) is 7.01. The van der Waals surface area contributed by atoms with Gasteiger partial charge in [-0.1, -0.05) is 20.3 Å². The monoisotopic (exact) mass is 142 g/mol. The summed E-state index contributed by atoms with van der Waals surface area (Å²) in [5.41, 5.74) is 0. The van der Waals surface area contributed by atoms with Gasteiger partial charge in [0, 0.05) is 0 Å². The van der Waals surface area contributed by atoms with Crippen LogP contribution in [-0.2, 0) is 0 Å². The fraction of sp³-hybridized carbons (Fsp3) is 1.00. The van der Waals surface area contributed by atoms with Crippen LogP contribution in [0.2, 0.25) is 0 Å². The average molecular weight is 142 g/mol. The molecule has 0 bridgehead atoms. The molecule has 0 saturated heterocycles. The molecule has 0 heterocycles. The fourth-order valence-electron chi connectivity index (χ4n) is 1.63. The number of rotatable bonds is 3. The highest BCUT2D eigenvalue weighted by molar-refractivity contribution is 4.79. The molecule has 0 spiro atoms. The highest BCUT2D eigenvalue weighted by Gasteiger charge is 2.27. The van der Waals surface area contributed by atoms with Gasteiger partial charge in [-0.15, -0.1) is 0 Å². The lowest BCUT2D eigenvalue weighted by atomic mass is 9.77. The van der Waals surface area contributed by atoms with Gasteiger partial charge in [0.05, 0.1) is 6.10 Å². The molecule has 0 aliphatic heterocycles. The summed E-state index contributed by atoms with van der Waals surface area (Å²) in [5.74, 6) is 1.70. The van der Waals surface area contributed by atoms with E-state index in [2.05, 4.69) is 13.8 Å². The molecule has 1 N–H and O–H groups in total. The summed E-state index contributed by atoms with van der Waals surface area (Å²) in [5, 5.41) is 9.00. The van der Waals surface area contributed by atoms with Crippen molar-refractivity contribution in [2.24, 2.45) is 11.8 Å². The summed E-state index contributed by atoms with van der Waals surface area (Å²) in [4.78, 5) is 0. The Morgan fingerprint density at radius 2 is 2.10 bits per heavy atom. The Morgan fingerprint density at radius 1 is 1.50 bits per heavy atom. The fourth-order valence-corrected chi connectivity index (χ4v) is 1.63. The van der Waals surface area contributed by atoms with E-state index in [0.29, 0.717) is 0 Å². The Bertz CT molecular complexity index is 94.9. The lowest BCUT2D eigenvalue weighted by Gasteiger charge is -2.33. The van der Waals surface area contributed by atoms with Crippen molar-refractivity contribution in [1.29, 1.82) is 0 Å². The van der Waals surface area contributed by atoms with Gasteiger partial charge in [0.15, 0.2) is 0 Å². The van der Waals surface area contributed by atoms with Crippen LogP contribution in [0.3, 0.4) is 0 Å². The molecular weight excluding hydrogens is 124 g/mol. The molecular formula is C9H18O. The SMILES string of the molecule is CCC(C)CC1CC(O)C1. The molecule has 1 unspecified atom stereocenters. The first-order valence-electron chi connectivity index (χ1n) is 4.40. The largest absolute Gasteiger partial charge is 0.393 e.